The largest absolute Gasteiger partial charge is 0.477 e. The minimum absolute atomic E-state index is 0.439. The lowest BCUT2D eigenvalue weighted by Crippen LogP contribution is -2.34. The van der Waals surface area contributed by atoms with Crippen LogP contribution < -0.4 is 4.90 Å². The van der Waals surface area contributed by atoms with Gasteiger partial charge >= 0.3 is 5.97 Å². The first-order valence-electron chi connectivity index (χ1n) is 5.78. The van der Waals surface area contributed by atoms with Crippen molar-refractivity contribution < 1.29 is 9.90 Å². The molecule has 1 atom stereocenters. The molecular weight excluding hydrogens is 222 g/mol. The van der Waals surface area contributed by atoms with Gasteiger partial charge in [0, 0.05) is 13.1 Å². The van der Waals surface area contributed by atoms with Crippen LogP contribution in [-0.4, -0.2) is 24.2 Å². The number of carbonyl (C=O) groups is 1. The van der Waals surface area contributed by atoms with Gasteiger partial charge in [-0.25, -0.2) is 4.79 Å². The van der Waals surface area contributed by atoms with Crippen molar-refractivity contribution in [3.8, 4) is 0 Å². The number of piperidine rings is 1. The first-order valence-corrected chi connectivity index (χ1v) is 6.60. The third kappa shape index (κ3) is 2.38. The van der Waals surface area contributed by atoms with Gasteiger partial charge in [-0.1, -0.05) is 13.3 Å². The Morgan fingerprint density at radius 2 is 2.44 bits per heavy atom. The van der Waals surface area contributed by atoms with Crippen LogP contribution in [0.15, 0.2) is 12.1 Å². The van der Waals surface area contributed by atoms with Gasteiger partial charge in [-0.2, -0.15) is 0 Å². The number of aromatic carboxylic acids is 1. The van der Waals surface area contributed by atoms with E-state index in [0.717, 1.165) is 24.0 Å². The maximum Gasteiger partial charge on any atom is 0.345 e. The fraction of sp³-hybridized carbons (Fsp3) is 0.583. The Kier molecular flexibility index (Phi) is 3.49. The van der Waals surface area contributed by atoms with E-state index < -0.39 is 5.97 Å². The lowest BCUT2D eigenvalue weighted by molar-refractivity contribution is 0.0702. The van der Waals surface area contributed by atoms with E-state index in [2.05, 4.69) is 11.8 Å². The van der Waals surface area contributed by atoms with Gasteiger partial charge in [-0.3, -0.25) is 0 Å². The van der Waals surface area contributed by atoms with Crippen molar-refractivity contribution in [2.75, 3.05) is 18.0 Å². The Hall–Kier alpha value is -1.03. The molecule has 2 rings (SSSR count). The van der Waals surface area contributed by atoms with E-state index >= 15 is 0 Å². The van der Waals surface area contributed by atoms with E-state index in [9.17, 15) is 4.79 Å². The minimum atomic E-state index is -0.819. The number of nitrogens with zero attached hydrogens (tertiary/aromatic N) is 1. The van der Waals surface area contributed by atoms with Crippen LogP contribution in [0.2, 0.25) is 0 Å². The van der Waals surface area contributed by atoms with Crippen LogP contribution in [0.5, 0.6) is 0 Å². The molecular formula is C12H17NO2S. The molecule has 0 aromatic carbocycles. The molecule has 0 spiro atoms. The third-order valence-electron chi connectivity index (χ3n) is 3.21. The van der Waals surface area contributed by atoms with Crippen molar-refractivity contribution in [1.82, 2.24) is 0 Å². The second-order valence-electron chi connectivity index (χ2n) is 4.31. The number of thiophene rings is 1. The monoisotopic (exact) mass is 239 g/mol. The zero-order valence-electron chi connectivity index (χ0n) is 9.48. The molecule has 4 heteroatoms. The predicted octanol–water partition coefficient (Wildman–Crippen LogP) is 3.07. The summed E-state index contributed by atoms with van der Waals surface area (Å²) >= 11 is 1.39. The normalized spacial score (nSPS) is 21.1. The molecule has 1 N–H and O–H groups in total. The van der Waals surface area contributed by atoms with Gasteiger partial charge in [0.15, 0.2) is 0 Å². The lowest BCUT2D eigenvalue weighted by atomic mass is 9.96. The highest BCUT2D eigenvalue weighted by Gasteiger charge is 2.20. The molecule has 2 heterocycles. The highest BCUT2D eigenvalue weighted by Crippen LogP contribution is 2.30. The van der Waals surface area contributed by atoms with E-state index in [0.29, 0.717) is 4.88 Å². The van der Waals surface area contributed by atoms with Gasteiger partial charge in [0.1, 0.15) is 4.88 Å². The summed E-state index contributed by atoms with van der Waals surface area (Å²) in [5.74, 6) is -0.0515. The lowest BCUT2D eigenvalue weighted by Gasteiger charge is -2.32. The predicted molar refractivity (Wildman–Crippen MR) is 66.5 cm³/mol. The molecule has 1 aromatic rings. The maximum atomic E-state index is 10.8. The summed E-state index contributed by atoms with van der Waals surface area (Å²) in [4.78, 5) is 13.6. The summed E-state index contributed by atoms with van der Waals surface area (Å²) in [7, 11) is 0. The Balaban J connectivity index is 2.08. The Labute approximate surface area is 99.7 Å². The first kappa shape index (κ1) is 11.5. The van der Waals surface area contributed by atoms with E-state index in [1.807, 2.05) is 6.07 Å². The molecule has 16 heavy (non-hydrogen) atoms. The summed E-state index contributed by atoms with van der Waals surface area (Å²) < 4.78 is 0. The molecule has 0 radical (unpaired) electrons. The number of rotatable bonds is 3. The zero-order chi connectivity index (χ0) is 11.5. The number of anilines is 1. The molecule has 88 valence electrons. The molecule has 1 saturated heterocycles. The van der Waals surface area contributed by atoms with Gasteiger partial charge in [-0.15, -0.1) is 11.3 Å². The summed E-state index contributed by atoms with van der Waals surface area (Å²) in [5, 5.41) is 9.99. The molecule has 0 saturated carbocycles. The average molecular weight is 239 g/mol. The van der Waals surface area contributed by atoms with Crippen molar-refractivity contribution in [1.29, 1.82) is 0 Å². The van der Waals surface area contributed by atoms with Crippen molar-refractivity contribution >= 4 is 22.3 Å². The van der Waals surface area contributed by atoms with Gasteiger partial charge in [-0.05, 0) is 30.9 Å². The van der Waals surface area contributed by atoms with E-state index in [-0.39, 0.29) is 0 Å². The van der Waals surface area contributed by atoms with Gasteiger partial charge in [0.2, 0.25) is 0 Å². The molecule has 1 aliphatic rings. The Bertz CT molecular complexity index is 375. The zero-order valence-corrected chi connectivity index (χ0v) is 10.3. The molecule has 1 unspecified atom stereocenters. The number of hydrogen-bond donors (Lipinski definition) is 1. The van der Waals surface area contributed by atoms with Gasteiger partial charge in [0.05, 0.1) is 5.00 Å². The summed E-state index contributed by atoms with van der Waals surface area (Å²) in [6.45, 7) is 4.37. The molecule has 1 aliphatic heterocycles. The van der Waals surface area contributed by atoms with E-state index in [1.54, 1.807) is 6.07 Å². The number of hydrogen-bond acceptors (Lipinski definition) is 3. The fourth-order valence-electron chi connectivity index (χ4n) is 2.21. The van der Waals surface area contributed by atoms with Crippen molar-refractivity contribution in [2.24, 2.45) is 5.92 Å². The smallest absolute Gasteiger partial charge is 0.345 e. The summed E-state index contributed by atoms with van der Waals surface area (Å²) in [5.41, 5.74) is 0. The minimum Gasteiger partial charge on any atom is -0.477 e. The second-order valence-corrected chi connectivity index (χ2v) is 5.37. The van der Waals surface area contributed by atoms with Crippen LogP contribution in [-0.2, 0) is 0 Å². The molecule has 1 aromatic heterocycles. The SMILES string of the molecule is CCC1CCCN(c2ccc(C(=O)O)s2)C1. The van der Waals surface area contributed by atoms with E-state index in [1.165, 1.54) is 30.6 Å². The van der Waals surface area contributed by atoms with Crippen LogP contribution in [0.25, 0.3) is 0 Å². The number of carboxylic acid groups (broad SMARTS) is 1. The van der Waals surface area contributed by atoms with Gasteiger partial charge in [0.25, 0.3) is 0 Å². The molecule has 1 fully saturated rings. The first-order chi connectivity index (χ1) is 7.70. The van der Waals surface area contributed by atoms with Crippen LogP contribution >= 0.6 is 11.3 Å². The molecule has 3 nitrogen and oxygen atoms in total. The van der Waals surface area contributed by atoms with Crippen molar-refractivity contribution in [2.45, 2.75) is 26.2 Å². The van der Waals surface area contributed by atoms with Crippen LogP contribution in [0.3, 0.4) is 0 Å². The van der Waals surface area contributed by atoms with Crippen molar-refractivity contribution in [3.63, 3.8) is 0 Å². The Morgan fingerprint density at radius 1 is 1.62 bits per heavy atom. The quantitative estimate of drug-likeness (QED) is 0.881. The topological polar surface area (TPSA) is 40.5 Å². The average Bonchev–Trinajstić information content (AvgIpc) is 2.78. The fourth-order valence-corrected chi connectivity index (χ4v) is 3.09. The standard InChI is InChI=1S/C12H17NO2S/c1-2-9-4-3-7-13(8-9)11-6-5-10(16-11)12(14)15/h5-6,9H,2-4,7-8H2,1H3,(H,14,15). The van der Waals surface area contributed by atoms with Crippen molar-refractivity contribution in [3.05, 3.63) is 17.0 Å². The van der Waals surface area contributed by atoms with E-state index in [4.69, 9.17) is 5.11 Å². The molecule has 0 aliphatic carbocycles. The van der Waals surface area contributed by atoms with Crippen LogP contribution in [0, 0.1) is 5.92 Å². The maximum absolute atomic E-state index is 10.8. The molecule has 0 bridgehead atoms. The van der Waals surface area contributed by atoms with Gasteiger partial charge < -0.3 is 10.0 Å². The van der Waals surface area contributed by atoms with Crippen LogP contribution in [0.4, 0.5) is 5.00 Å². The Morgan fingerprint density at radius 3 is 3.06 bits per heavy atom. The highest BCUT2D eigenvalue weighted by atomic mass is 32.1. The summed E-state index contributed by atoms with van der Waals surface area (Å²) in [6, 6.07) is 3.64. The second kappa shape index (κ2) is 4.87. The number of carboxylic acids is 1. The summed E-state index contributed by atoms with van der Waals surface area (Å²) in [6.07, 6.45) is 3.75. The third-order valence-corrected chi connectivity index (χ3v) is 4.34. The highest BCUT2D eigenvalue weighted by molar-refractivity contribution is 7.17. The van der Waals surface area contributed by atoms with Crippen LogP contribution in [0.1, 0.15) is 35.9 Å². The molecule has 0 amide bonds.